The van der Waals surface area contributed by atoms with Gasteiger partial charge in [-0.05, 0) is 43.9 Å². The molecule has 0 aromatic heterocycles. The molecule has 1 N–H and O–H groups in total. The largest absolute Gasteiger partial charge is 0.382 e. The highest BCUT2D eigenvalue weighted by Gasteiger charge is 2.44. The molecule has 1 aromatic carbocycles. The van der Waals surface area contributed by atoms with Crippen LogP contribution >= 0.6 is 0 Å². The second-order valence-electron chi connectivity index (χ2n) is 8.47. The molecule has 150 valence electrons. The lowest BCUT2D eigenvalue weighted by Gasteiger charge is -2.43. The third kappa shape index (κ3) is 4.30. The van der Waals surface area contributed by atoms with Crippen LogP contribution in [0.2, 0.25) is 0 Å². The summed E-state index contributed by atoms with van der Waals surface area (Å²) >= 11 is 0. The van der Waals surface area contributed by atoms with Crippen LogP contribution in [0, 0.1) is 12.8 Å². The Bertz CT molecular complexity index is 668. The first-order valence-corrected chi connectivity index (χ1v) is 10.3. The van der Waals surface area contributed by atoms with Crippen LogP contribution in [0.3, 0.4) is 0 Å². The Balaban J connectivity index is 1.82. The van der Waals surface area contributed by atoms with Crippen molar-refractivity contribution in [2.24, 2.45) is 5.92 Å². The molecule has 1 amide bonds. The van der Waals surface area contributed by atoms with Crippen LogP contribution in [0.5, 0.6) is 0 Å². The smallest absolute Gasteiger partial charge is 0.254 e. The number of benzene rings is 1. The second kappa shape index (κ2) is 8.19. The van der Waals surface area contributed by atoms with Crippen LogP contribution in [0.25, 0.3) is 0 Å². The van der Waals surface area contributed by atoms with Crippen molar-refractivity contribution >= 4 is 11.6 Å². The van der Waals surface area contributed by atoms with Crippen LogP contribution in [0.4, 0.5) is 5.69 Å². The number of anilines is 1. The minimum absolute atomic E-state index is 0.0759. The summed E-state index contributed by atoms with van der Waals surface area (Å²) in [4.78, 5) is 15.4. The maximum Gasteiger partial charge on any atom is 0.254 e. The molecule has 2 aliphatic rings. The Morgan fingerprint density at radius 1 is 1.37 bits per heavy atom. The quantitative estimate of drug-likeness (QED) is 0.850. The van der Waals surface area contributed by atoms with Gasteiger partial charge in [0.25, 0.3) is 5.91 Å². The van der Waals surface area contributed by atoms with Crippen LogP contribution in [-0.4, -0.2) is 54.9 Å². The molecular weight excluding hydrogens is 340 g/mol. The number of hydrogen-bond donors (Lipinski definition) is 1. The van der Waals surface area contributed by atoms with Gasteiger partial charge in [-0.2, -0.15) is 0 Å². The van der Waals surface area contributed by atoms with E-state index in [9.17, 15) is 4.79 Å². The Kier molecular flexibility index (Phi) is 6.11. The first-order valence-electron chi connectivity index (χ1n) is 10.3. The van der Waals surface area contributed by atoms with E-state index in [2.05, 4.69) is 39.1 Å². The Hall–Kier alpha value is -1.59. The number of hydrogen-bond acceptors (Lipinski definition) is 4. The number of carbonyl (C=O) groups excluding carboxylic acids is 1. The van der Waals surface area contributed by atoms with Crippen molar-refractivity contribution in [1.82, 2.24) is 4.90 Å². The van der Waals surface area contributed by atoms with Crippen molar-refractivity contribution < 1.29 is 14.3 Å². The molecule has 1 spiro atoms. The van der Waals surface area contributed by atoms with Crippen LogP contribution in [0.1, 0.15) is 56.5 Å². The first-order chi connectivity index (χ1) is 12.8. The van der Waals surface area contributed by atoms with Gasteiger partial charge in [0.2, 0.25) is 0 Å². The molecule has 0 bridgehead atoms. The summed E-state index contributed by atoms with van der Waals surface area (Å²) in [5.41, 5.74) is 2.51. The summed E-state index contributed by atoms with van der Waals surface area (Å²) in [6.07, 6.45) is 1.84. The van der Waals surface area contributed by atoms with Crippen molar-refractivity contribution in [3.8, 4) is 0 Å². The number of ether oxygens (including phenoxy) is 2. The minimum Gasteiger partial charge on any atom is -0.382 e. The fraction of sp³-hybridized carbons (Fsp3) is 0.682. The summed E-state index contributed by atoms with van der Waals surface area (Å²) in [5, 5.41) is 3.56. The number of nitrogens with zero attached hydrogens (tertiary/aromatic N) is 1. The highest BCUT2D eigenvalue weighted by Crippen LogP contribution is 2.32. The van der Waals surface area contributed by atoms with Gasteiger partial charge in [-0.3, -0.25) is 4.79 Å². The van der Waals surface area contributed by atoms with Gasteiger partial charge in [0, 0.05) is 36.9 Å². The summed E-state index contributed by atoms with van der Waals surface area (Å²) in [7, 11) is 0. The predicted octanol–water partition coefficient (Wildman–Crippen LogP) is 3.86. The van der Waals surface area contributed by atoms with Gasteiger partial charge in [-0.15, -0.1) is 0 Å². The van der Waals surface area contributed by atoms with E-state index in [1.165, 1.54) is 0 Å². The molecular formula is C22H34N2O3. The summed E-state index contributed by atoms with van der Waals surface area (Å²) < 4.78 is 11.9. The molecule has 2 heterocycles. The highest BCUT2D eigenvalue weighted by molar-refractivity contribution is 5.97. The van der Waals surface area contributed by atoms with Crippen molar-refractivity contribution in [1.29, 1.82) is 0 Å². The average molecular weight is 375 g/mol. The average Bonchev–Trinajstić information content (AvgIpc) is 3.09. The molecule has 0 aliphatic carbocycles. The molecule has 2 aliphatic heterocycles. The molecule has 0 radical (unpaired) electrons. The van der Waals surface area contributed by atoms with Gasteiger partial charge in [0.05, 0.1) is 19.3 Å². The standard InChI is InChI=1S/C22H34N2O3/c1-6-18-12-24(13-22(27-18)10-11-26-14-22)21(25)19-8-7-9-20(16(19)4)23-17(5)15(2)3/h7-9,15,17-18,23H,6,10-14H2,1-5H3. The van der Waals surface area contributed by atoms with Gasteiger partial charge in [0.15, 0.2) is 0 Å². The zero-order valence-corrected chi connectivity index (χ0v) is 17.4. The first kappa shape index (κ1) is 20.2. The van der Waals surface area contributed by atoms with E-state index < -0.39 is 0 Å². The lowest BCUT2D eigenvalue weighted by Crippen LogP contribution is -2.57. The Morgan fingerprint density at radius 3 is 2.78 bits per heavy atom. The van der Waals surface area contributed by atoms with Crippen molar-refractivity contribution in [2.45, 2.75) is 65.2 Å². The zero-order chi connectivity index (χ0) is 19.6. The number of nitrogens with one attached hydrogen (secondary N) is 1. The van der Waals surface area contributed by atoms with Gasteiger partial charge in [0.1, 0.15) is 5.60 Å². The van der Waals surface area contributed by atoms with Crippen LogP contribution < -0.4 is 5.32 Å². The topological polar surface area (TPSA) is 50.8 Å². The van der Waals surface area contributed by atoms with Crippen LogP contribution in [0.15, 0.2) is 18.2 Å². The third-order valence-electron chi connectivity index (χ3n) is 6.08. The monoisotopic (exact) mass is 374 g/mol. The van der Waals surface area contributed by atoms with E-state index in [4.69, 9.17) is 9.47 Å². The Morgan fingerprint density at radius 2 is 2.15 bits per heavy atom. The molecule has 3 atom stereocenters. The summed E-state index contributed by atoms with van der Waals surface area (Å²) in [6, 6.07) is 6.32. The number of morpholine rings is 1. The van der Waals surface area contributed by atoms with Crippen LogP contribution in [-0.2, 0) is 9.47 Å². The van der Waals surface area contributed by atoms with E-state index in [-0.39, 0.29) is 17.6 Å². The fourth-order valence-corrected chi connectivity index (χ4v) is 3.87. The summed E-state index contributed by atoms with van der Waals surface area (Å²) in [5.74, 6) is 0.622. The normalized spacial score (nSPS) is 26.6. The maximum absolute atomic E-state index is 13.4. The van der Waals surface area contributed by atoms with E-state index in [0.29, 0.717) is 38.3 Å². The SMILES string of the molecule is CCC1CN(C(=O)c2cccc(NC(C)C(C)C)c2C)CC2(CCOC2)O1. The molecule has 2 saturated heterocycles. The molecule has 5 heteroatoms. The third-order valence-corrected chi connectivity index (χ3v) is 6.08. The van der Waals surface area contributed by atoms with E-state index in [1.807, 2.05) is 24.0 Å². The molecule has 3 rings (SSSR count). The highest BCUT2D eigenvalue weighted by atomic mass is 16.6. The summed E-state index contributed by atoms with van der Waals surface area (Å²) in [6.45, 7) is 13.3. The van der Waals surface area contributed by atoms with E-state index in [0.717, 1.165) is 29.7 Å². The zero-order valence-electron chi connectivity index (χ0n) is 17.4. The minimum atomic E-state index is -0.329. The van der Waals surface area contributed by atoms with E-state index >= 15 is 0 Å². The molecule has 1 aromatic rings. The van der Waals surface area contributed by atoms with Gasteiger partial charge in [-0.1, -0.05) is 26.8 Å². The molecule has 3 unspecified atom stereocenters. The fourth-order valence-electron chi connectivity index (χ4n) is 3.87. The van der Waals surface area contributed by atoms with Gasteiger partial charge in [-0.25, -0.2) is 0 Å². The second-order valence-corrected chi connectivity index (χ2v) is 8.47. The number of rotatable bonds is 5. The maximum atomic E-state index is 13.4. The number of amides is 1. The number of carbonyl (C=O) groups is 1. The van der Waals surface area contributed by atoms with Crippen molar-refractivity contribution in [3.05, 3.63) is 29.3 Å². The molecule has 0 saturated carbocycles. The Labute approximate surface area is 163 Å². The predicted molar refractivity (Wildman–Crippen MR) is 108 cm³/mol. The molecule has 2 fully saturated rings. The lowest BCUT2D eigenvalue weighted by molar-refractivity contribution is -0.145. The van der Waals surface area contributed by atoms with Gasteiger partial charge >= 0.3 is 0 Å². The molecule has 5 nitrogen and oxygen atoms in total. The van der Waals surface area contributed by atoms with Crippen molar-refractivity contribution in [3.63, 3.8) is 0 Å². The van der Waals surface area contributed by atoms with Crippen molar-refractivity contribution in [2.75, 3.05) is 31.6 Å². The van der Waals surface area contributed by atoms with E-state index in [1.54, 1.807) is 0 Å². The molecule has 27 heavy (non-hydrogen) atoms. The lowest BCUT2D eigenvalue weighted by atomic mass is 9.96. The van der Waals surface area contributed by atoms with Gasteiger partial charge < -0.3 is 19.7 Å².